The topological polar surface area (TPSA) is 118 Å². The number of aldehydes is 1. The van der Waals surface area contributed by atoms with Crippen molar-refractivity contribution in [2.24, 2.45) is 5.73 Å². The van der Waals surface area contributed by atoms with Crippen LogP contribution in [0.1, 0.15) is 26.4 Å². The zero-order valence-electron chi connectivity index (χ0n) is 11.8. The van der Waals surface area contributed by atoms with Crippen molar-refractivity contribution in [1.82, 2.24) is 15.3 Å². The van der Waals surface area contributed by atoms with E-state index in [1.807, 2.05) is 0 Å². The van der Waals surface area contributed by atoms with E-state index in [9.17, 15) is 14.4 Å². The van der Waals surface area contributed by atoms with Crippen LogP contribution in [0.15, 0.2) is 36.8 Å². The minimum absolute atomic E-state index is 0.153. The number of Topliss-reactive ketones (excluding diaryl/α,β-unsaturated/α-hetero) is 1. The van der Waals surface area contributed by atoms with E-state index in [4.69, 9.17) is 5.73 Å². The summed E-state index contributed by atoms with van der Waals surface area (Å²) < 4.78 is 0. The molecule has 0 fully saturated rings. The number of hydrogen-bond acceptors (Lipinski definition) is 5. The van der Waals surface area contributed by atoms with Gasteiger partial charge in [0.25, 0.3) is 5.91 Å². The highest BCUT2D eigenvalue weighted by molar-refractivity contribution is 5.98. The average molecular weight is 300 g/mol. The second kappa shape index (κ2) is 7.28. The summed E-state index contributed by atoms with van der Waals surface area (Å²) in [6.07, 6.45) is 4.18. The smallest absolute Gasteiger partial charge is 0.251 e. The molecule has 4 N–H and O–H groups in total. The number of H-pyrrole nitrogens is 1. The Hall–Kier alpha value is -2.80. The van der Waals surface area contributed by atoms with Crippen molar-refractivity contribution in [1.29, 1.82) is 0 Å². The van der Waals surface area contributed by atoms with Crippen LogP contribution in [0.25, 0.3) is 0 Å². The van der Waals surface area contributed by atoms with E-state index < -0.39 is 11.9 Å². The van der Waals surface area contributed by atoms with Gasteiger partial charge in [-0.1, -0.05) is 12.1 Å². The van der Waals surface area contributed by atoms with E-state index >= 15 is 0 Å². The van der Waals surface area contributed by atoms with Gasteiger partial charge in [-0.3, -0.25) is 14.4 Å². The summed E-state index contributed by atoms with van der Waals surface area (Å²) in [6, 6.07) is 5.39. The molecule has 1 heterocycles. The van der Waals surface area contributed by atoms with E-state index in [1.54, 1.807) is 6.20 Å². The third-order valence-corrected chi connectivity index (χ3v) is 3.13. The zero-order chi connectivity index (χ0) is 15.9. The van der Waals surface area contributed by atoms with Crippen molar-refractivity contribution in [3.63, 3.8) is 0 Å². The van der Waals surface area contributed by atoms with E-state index in [2.05, 4.69) is 15.3 Å². The van der Waals surface area contributed by atoms with Crippen molar-refractivity contribution in [3.8, 4) is 0 Å². The lowest BCUT2D eigenvalue weighted by atomic mass is 10.1. The average Bonchev–Trinajstić information content (AvgIpc) is 3.05. The number of carbonyl (C=O) groups excluding carboxylic acids is 3. The molecule has 0 saturated heterocycles. The van der Waals surface area contributed by atoms with E-state index in [0.717, 1.165) is 0 Å². The molecule has 1 aromatic heterocycles. The first-order chi connectivity index (χ1) is 10.6. The van der Waals surface area contributed by atoms with Crippen molar-refractivity contribution in [2.75, 3.05) is 6.54 Å². The monoisotopic (exact) mass is 300 g/mol. The lowest BCUT2D eigenvalue weighted by Crippen LogP contribution is -2.41. The summed E-state index contributed by atoms with van der Waals surface area (Å²) in [6.45, 7) is -0.153. The van der Waals surface area contributed by atoms with Crippen LogP contribution in [0.3, 0.4) is 0 Å². The second-order valence-electron chi connectivity index (χ2n) is 4.76. The van der Waals surface area contributed by atoms with Crippen LogP contribution in [0.2, 0.25) is 0 Å². The standard InChI is InChI=1S/C15H16N4O3/c16-13(5-12-6-17-9-19-12)14(21)7-18-15(22)11-3-1-10(8-20)2-4-11/h1-4,6,8-9,13H,5,7,16H2,(H,17,19)(H,18,22)/t13-/m0/s1. The number of carbonyl (C=O) groups is 3. The van der Waals surface area contributed by atoms with Gasteiger partial charge in [0.15, 0.2) is 5.78 Å². The maximum Gasteiger partial charge on any atom is 0.251 e. The third-order valence-electron chi connectivity index (χ3n) is 3.13. The van der Waals surface area contributed by atoms with E-state index in [0.29, 0.717) is 29.5 Å². The van der Waals surface area contributed by atoms with Crippen LogP contribution in [-0.4, -0.2) is 40.5 Å². The summed E-state index contributed by atoms with van der Waals surface area (Å²) in [5, 5.41) is 2.51. The number of imidazole rings is 1. The van der Waals surface area contributed by atoms with E-state index in [-0.39, 0.29) is 12.3 Å². The summed E-state index contributed by atoms with van der Waals surface area (Å²) in [5.41, 5.74) is 7.32. The number of amides is 1. The minimum atomic E-state index is -0.721. The Morgan fingerprint density at radius 1 is 1.32 bits per heavy atom. The first-order valence-corrected chi connectivity index (χ1v) is 6.69. The third kappa shape index (κ3) is 4.10. The molecular formula is C15H16N4O3. The van der Waals surface area contributed by atoms with Crippen LogP contribution in [0.4, 0.5) is 0 Å². The molecule has 114 valence electrons. The Labute approximate surface area is 126 Å². The fourth-order valence-corrected chi connectivity index (χ4v) is 1.86. The molecule has 1 amide bonds. The van der Waals surface area contributed by atoms with Crippen LogP contribution in [0, 0.1) is 0 Å². The molecule has 0 bridgehead atoms. The summed E-state index contributed by atoms with van der Waals surface area (Å²) in [4.78, 5) is 41.1. The van der Waals surface area contributed by atoms with Crippen molar-refractivity contribution in [2.45, 2.75) is 12.5 Å². The minimum Gasteiger partial charge on any atom is -0.351 e. The number of benzene rings is 1. The summed E-state index contributed by atoms with van der Waals surface area (Å²) in [7, 11) is 0. The highest BCUT2D eigenvalue weighted by Crippen LogP contribution is 2.02. The lowest BCUT2D eigenvalue weighted by molar-refractivity contribution is -0.119. The number of aromatic amines is 1. The summed E-state index contributed by atoms with van der Waals surface area (Å²) in [5.74, 6) is -0.668. The predicted octanol–water partition coefficient (Wildman–Crippen LogP) is 0.0911. The van der Waals surface area contributed by atoms with Gasteiger partial charge in [-0.2, -0.15) is 0 Å². The molecule has 1 aromatic carbocycles. The number of nitrogens with one attached hydrogen (secondary N) is 2. The second-order valence-corrected chi connectivity index (χ2v) is 4.76. The highest BCUT2D eigenvalue weighted by Gasteiger charge is 2.16. The van der Waals surface area contributed by atoms with Gasteiger partial charge in [-0.25, -0.2) is 4.98 Å². The Bertz CT molecular complexity index is 650. The molecule has 0 unspecified atom stereocenters. The molecule has 2 rings (SSSR count). The van der Waals surface area contributed by atoms with E-state index in [1.165, 1.54) is 30.6 Å². The molecule has 22 heavy (non-hydrogen) atoms. The number of nitrogens with two attached hydrogens (primary N) is 1. The molecule has 0 radical (unpaired) electrons. The summed E-state index contributed by atoms with van der Waals surface area (Å²) >= 11 is 0. The van der Waals surface area contributed by atoms with Crippen LogP contribution in [0.5, 0.6) is 0 Å². The Morgan fingerprint density at radius 3 is 2.64 bits per heavy atom. The van der Waals surface area contributed by atoms with Gasteiger partial charge in [0.05, 0.1) is 24.6 Å². The molecule has 0 spiro atoms. The number of rotatable bonds is 7. The van der Waals surface area contributed by atoms with Gasteiger partial charge in [0.2, 0.25) is 0 Å². The maximum atomic E-state index is 11.9. The normalized spacial score (nSPS) is 11.7. The molecule has 0 aliphatic rings. The molecular weight excluding hydrogens is 284 g/mol. The van der Waals surface area contributed by atoms with Crippen LogP contribution in [-0.2, 0) is 11.2 Å². The molecule has 0 aliphatic heterocycles. The molecule has 0 saturated carbocycles. The molecule has 1 atom stereocenters. The number of hydrogen-bond donors (Lipinski definition) is 3. The molecule has 7 nitrogen and oxygen atoms in total. The number of ketones is 1. The van der Waals surface area contributed by atoms with Crippen molar-refractivity contribution >= 4 is 18.0 Å². The fourth-order valence-electron chi connectivity index (χ4n) is 1.86. The maximum absolute atomic E-state index is 11.9. The first-order valence-electron chi connectivity index (χ1n) is 6.69. The largest absolute Gasteiger partial charge is 0.351 e. The number of nitrogens with zero attached hydrogens (tertiary/aromatic N) is 1. The predicted molar refractivity (Wildman–Crippen MR) is 79.4 cm³/mol. The van der Waals surface area contributed by atoms with Gasteiger partial charge < -0.3 is 16.0 Å². The van der Waals surface area contributed by atoms with Gasteiger partial charge in [-0.05, 0) is 12.1 Å². The van der Waals surface area contributed by atoms with Crippen molar-refractivity contribution < 1.29 is 14.4 Å². The molecule has 0 aliphatic carbocycles. The first kappa shape index (κ1) is 15.6. The molecule has 2 aromatic rings. The van der Waals surface area contributed by atoms with Gasteiger partial charge in [-0.15, -0.1) is 0 Å². The van der Waals surface area contributed by atoms with Gasteiger partial charge >= 0.3 is 0 Å². The Balaban J connectivity index is 1.84. The number of aromatic nitrogens is 2. The van der Waals surface area contributed by atoms with Gasteiger partial charge in [0, 0.05) is 23.7 Å². The zero-order valence-corrected chi connectivity index (χ0v) is 11.8. The van der Waals surface area contributed by atoms with Crippen LogP contribution < -0.4 is 11.1 Å². The van der Waals surface area contributed by atoms with Crippen LogP contribution >= 0.6 is 0 Å². The van der Waals surface area contributed by atoms with Gasteiger partial charge in [0.1, 0.15) is 6.29 Å². The highest BCUT2D eigenvalue weighted by atomic mass is 16.2. The Morgan fingerprint density at radius 2 is 2.05 bits per heavy atom. The SMILES string of the molecule is N[C@@H](Cc1c[nH]cn1)C(=O)CNC(=O)c1ccc(C=O)cc1. The fraction of sp³-hybridized carbons (Fsp3) is 0.200. The Kier molecular flexibility index (Phi) is 5.16. The quantitative estimate of drug-likeness (QED) is 0.626. The molecule has 7 heteroatoms. The lowest BCUT2D eigenvalue weighted by Gasteiger charge is -2.10. The van der Waals surface area contributed by atoms with Crippen molar-refractivity contribution in [3.05, 3.63) is 53.6 Å².